The molecular weight excluding hydrogens is 600 g/mol. The van der Waals surface area contributed by atoms with Crippen LogP contribution in [-0.4, -0.2) is 36.9 Å². The molecular formula is C41H32N2O5. The van der Waals surface area contributed by atoms with Crippen LogP contribution in [0.1, 0.15) is 38.7 Å². The number of ketones is 1. The highest BCUT2D eigenvalue weighted by Crippen LogP contribution is 2.58. The van der Waals surface area contributed by atoms with Crippen LogP contribution >= 0.6 is 0 Å². The predicted octanol–water partition coefficient (Wildman–Crippen LogP) is 7.00. The van der Waals surface area contributed by atoms with E-state index in [1.165, 1.54) is 7.11 Å². The summed E-state index contributed by atoms with van der Waals surface area (Å²) >= 11 is 0. The Morgan fingerprint density at radius 1 is 0.792 bits per heavy atom. The number of carbonyl (C=O) groups excluding carboxylic acids is 3. The molecule has 7 nitrogen and oxygen atoms in total. The van der Waals surface area contributed by atoms with Gasteiger partial charge in [-0.2, -0.15) is 0 Å². The van der Waals surface area contributed by atoms with E-state index in [-0.39, 0.29) is 11.7 Å². The fraction of sp³-hybridized carbons (Fsp3) is 0.146. The molecule has 3 heterocycles. The van der Waals surface area contributed by atoms with Crippen molar-refractivity contribution in [1.82, 2.24) is 0 Å². The van der Waals surface area contributed by atoms with Crippen LogP contribution in [0.5, 0.6) is 5.75 Å². The lowest BCUT2D eigenvalue weighted by molar-refractivity contribution is -0.150. The van der Waals surface area contributed by atoms with Crippen molar-refractivity contribution >= 4 is 35.1 Å². The van der Waals surface area contributed by atoms with Crippen LogP contribution in [0.15, 0.2) is 140 Å². The first kappa shape index (κ1) is 29.5. The fourth-order valence-electron chi connectivity index (χ4n) is 7.82. The van der Waals surface area contributed by atoms with E-state index in [0.29, 0.717) is 22.6 Å². The van der Waals surface area contributed by atoms with Crippen LogP contribution in [0.2, 0.25) is 0 Å². The molecule has 0 aliphatic carbocycles. The van der Waals surface area contributed by atoms with Crippen molar-refractivity contribution in [1.29, 1.82) is 0 Å². The zero-order valence-electron chi connectivity index (χ0n) is 26.2. The largest absolute Gasteiger partial charge is 0.497 e. The number of benzene rings is 5. The summed E-state index contributed by atoms with van der Waals surface area (Å²) in [7, 11) is 1.54. The zero-order valence-corrected chi connectivity index (χ0v) is 26.2. The maximum absolute atomic E-state index is 15.1. The van der Waals surface area contributed by atoms with Gasteiger partial charge in [-0.25, -0.2) is 4.79 Å². The lowest BCUT2D eigenvalue weighted by atomic mass is 9.64. The van der Waals surface area contributed by atoms with Gasteiger partial charge in [0, 0.05) is 16.9 Å². The van der Waals surface area contributed by atoms with Gasteiger partial charge in [0.1, 0.15) is 17.2 Å². The molecule has 0 radical (unpaired) electrons. The second-order valence-electron chi connectivity index (χ2n) is 12.3. The summed E-state index contributed by atoms with van der Waals surface area (Å²) in [6, 6.07) is 39.3. The minimum atomic E-state index is -1.44. The number of rotatable bonds is 7. The number of hydrogen-bond acceptors (Lipinski definition) is 6. The molecule has 236 valence electrons. The van der Waals surface area contributed by atoms with E-state index in [1.54, 1.807) is 24.3 Å². The van der Waals surface area contributed by atoms with Crippen LogP contribution < -0.4 is 15.0 Å². The van der Waals surface area contributed by atoms with E-state index >= 15 is 9.59 Å². The van der Waals surface area contributed by atoms with Crippen molar-refractivity contribution in [2.45, 2.75) is 23.6 Å². The number of nitrogens with zero attached hydrogens (tertiary/aromatic N) is 1. The SMILES string of the molecule is COc1cccc(C(=O)[C@@H]2[C@@H](C(=O)OC(c3ccccc3)c3ccccc3)N3c4ccccc4C=C[C@@H]3[C@]23C(=O)Nc2ccccc23)c1. The molecule has 8 rings (SSSR count). The zero-order chi connectivity index (χ0) is 32.8. The average molecular weight is 633 g/mol. The Balaban J connectivity index is 1.36. The van der Waals surface area contributed by atoms with E-state index < -0.39 is 35.5 Å². The number of nitrogens with one attached hydrogen (secondary N) is 1. The first-order valence-electron chi connectivity index (χ1n) is 16.0. The summed E-state index contributed by atoms with van der Waals surface area (Å²) in [6.07, 6.45) is 3.18. The average Bonchev–Trinajstić information content (AvgIpc) is 3.63. The molecule has 3 aliphatic heterocycles. The monoisotopic (exact) mass is 632 g/mol. The van der Waals surface area contributed by atoms with Gasteiger partial charge in [-0.15, -0.1) is 0 Å². The van der Waals surface area contributed by atoms with Crippen molar-refractivity contribution < 1.29 is 23.9 Å². The Kier molecular flexibility index (Phi) is 7.17. The number of carbonyl (C=O) groups is 3. The van der Waals surface area contributed by atoms with Crippen molar-refractivity contribution in [3.8, 4) is 5.75 Å². The van der Waals surface area contributed by atoms with Crippen LogP contribution in [0.4, 0.5) is 11.4 Å². The molecule has 3 aliphatic rings. The number of anilines is 2. The second kappa shape index (κ2) is 11.7. The maximum atomic E-state index is 15.1. The molecule has 0 saturated carbocycles. The Morgan fingerprint density at radius 3 is 2.19 bits per heavy atom. The molecule has 0 unspecified atom stereocenters. The van der Waals surface area contributed by atoms with Gasteiger partial charge in [0.2, 0.25) is 5.91 Å². The van der Waals surface area contributed by atoms with Gasteiger partial charge in [-0.1, -0.05) is 121 Å². The second-order valence-corrected chi connectivity index (χ2v) is 12.3. The van der Waals surface area contributed by atoms with E-state index in [9.17, 15) is 4.79 Å². The van der Waals surface area contributed by atoms with Gasteiger partial charge in [0.15, 0.2) is 11.9 Å². The molecule has 0 bridgehead atoms. The topological polar surface area (TPSA) is 84.9 Å². The van der Waals surface area contributed by atoms with Crippen molar-refractivity contribution in [3.05, 3.63) is 167 Å². The normalized spacial score (nSPS) is 21.8. The van der Waals surface area contributed by atoms with E-state index in [1.807, 2.05) is 126 Å². The fourth-order valence-corrected chi connectivity index (χ4v) is 7.82. The minimum Gasteiger partial charge on any atom is -0.497 e. The number of amides is 1. The molecule has 1 amide bonds. The van der Waals surface area contributed by atoms with E-state index in [0.717, 1.165) is 22.4 Å². The first-order valence-corrected chi connectivity index (χ1v) is 16.0. The van der Waals surface area contributed by atoms with Crippen molar-refractivity contribution in [2.75, 3.05) is 17.3 Å². The summed E-state index contributed by atoms with van der Waals surface area (Å²) < 4.78 is 12.0. The third-order valence-electron chi connectivity index (χ3n) is 9.86. The third kappa shape index (κ3) is 4.46. The molecule has 5 aromatic carbocycles. The highest BCUT2D eigenvalue weighted by molar-refractivity contribution is 6.16. The molecule has 0 aromatic heterocycles. The Labute approximate surface area is 278 Å². The summed E-state index contributed by atoms with van der Waals surface area (Å²) in [4.78, 5) is 46.8. The Morgan fingerprint density at radius 2 is 1.46 bits per heavy atom. The first-order chi connectivity index (χ1) is 23.5. The number of para-hydroxylation sites is 2. The van der Waals surface area contributed by atoms with Crippen LogP contribution in [-0.2, 0) is 19.7 Å². The quantitative estimate of drug-likeness (QED) is 0.154. The standard InChI is InChI=1S/C41H32N2O5/c1-47-30-19-12-18-29(25-30)37(44)35-36(39(45)48-38(27-14-4-2-5-15-27)28-16-6-3-7-17-28)43-33-22-11-8-13-26(33)23-24-34(43)41(35)31-20-9-10-21-32(31)42-40(41)46/h2-25,34-36,38H,1H3,(H,42,46)/t34-,35+,36+,41+/m1/s1. The predicted molar refractivity (Wildman–Crippen MR) is 184 cm³/mol. The molecule has 4 atom stereocenters. The van der Waals surface area contributed by atoms with Crippen LogP contribution in [0.25, 0.3) is 6.08 Å². The number of Topliss-reactive ketones (excluding diaryl/α,β-unsaturated/α-hetero) is 1. The molecule has 1 saturated heterocycles. The smallest absolute Gasteiger partial charge is 0.330 e. The van der Waals surface area contributed by atoms with Crippen LogP contribution in [0, 0.1) is 5.92 Å². The third-order valence-corrected chi connectivity index (χ3v) is 9.86. The lowest BCUT2D eigenvalue weighted by Gasteiger charge is -2.37. The van der Waals surface area contributed by atoms with Gasteiger partial charge in [-0.05, 0) is 46.5 Å². The molecule has 1 N–H and O–H groups in total. The Bertz CT molecular complexity index is 2040. The number of hydrogen-bond donors (Lipinski definition) is 1. The van der Waals surface area contributed by atoms with Gasteiger partial charge in [0.05, 0.1) is 19.1 Å². The number of methoxy groups -OCH3 is 1. The minimum absolute atomic E-state index is 0.332. The highest BCUT2D eigenvalue weighted by atomic mass is 16.5. The van der Waals surface area contributed by atoms with Crippen LogP contribution in [0.3, 0.4) is 0 Å². The van der Waals surface area contributed by atoms with Crippen molar-refractivity contribution in [3.63, 3.8) is 0 Å². The number of ether oxygens (including phenoxy) is 2. The van der Waals surface area contributed by atoms with Crippen molar-refractivity contribution in [2.24, 2.45) is 5.92 Å². The molecule has 1 spiro atoms. The van der Waals surface area contributed by atoms with Gasteiger partial charge >= 0.3 is 5.97 Å². The molecule has 1 fully saturated rings. The van der Waals surface area contributed by atoms with Gasteiger partial charge in [0.25, 0.3) is 0 Å². The summed E-state index contributed by atoms with van der Waals surface area (Å²) in [6.45, 7) is 0. The Hall–Kier alpha value is -5.95. The summed E-state index contributed by atoms with van der Waals surface area (Å²) in [5.41, 5.74) is 3.41. The maximum Gasteiger partial charge on any atom is 0.330 e. The number of fused-ring (bicyclic) bond motifs is 6. The summed E-state index contributed by atoms with van der Waals surface area (Å²) in [5, 5.41) is 3.07. The summed E-state index contributed by atoms with van der Waals surface area (Å²) in [5.74, 6) is -1.94. The number of esters is 1. The van der Waals surface area contributed by atoms with Gasteiger partial charge < -0.3 is 19.7 Å². The van der Waals surface area contributed by atoms with E-state index in [2.05, 4.69) is 5.32 Å². The van der Waals surface area contributed by atoms with E-state index in [4.69, 9.17) is 9.47 Å². The molecule has 48 heavy (non-hydrogen) atoms. The van der Waals surface area contributed by atoms with Gasteiger partial charge in [-0.3, -0.25) is 9.59 Å². The molecule has 7 heteroatoms. The lowest BCUT2D eigenvalue weighted by Crippen LogP contribution is -2.51. The molecule has 5 aromatic rings. The highest BCUT2D eigenvalue weighted by Gasteiger charge is 2.71.